The Kier molecular flexibility index (Phi) is 7.53. The minimum Gasteiger partial charge on any atom is -0.322 e. The average molecular weight is 586 g/mol. The Morgan fingerprint density at radius 3 is 1.98 bits per heavy atom. The first-order chi connectivity index (χ1) is 19.5. The lowest BCUT2D eigenvalue weighted by atomic mass is 10.1. The summed E-state index contributed by atoms with van der Waals surface area (Å²) in [5, 5.41) is 4.43. The van der Waals surface area contributed by atoms with Crippen LogP contribution in [-0.2, 0) is 20.0 Å². The van der Waals surface area contributed by atoms with Gasteiger partial charge in [0.2, 0.25) is 0 Å². The summed E-state index contributed by atoms with van der Waals surface area (Å²) in [6.45, 7) is 1.88. The molecular formula is C31H27N3O5S2. The molecule has 10 heteroatoms. The molecule has 0 fully saturated rings. The molecule has 5 aromatic rings. The average Bonchev–Trinajstić information content (AvgIpc) is 2.97. The van der Waals surface area contributed by atoms with E-state index in [-0.39, 0.29) is 9.79 Å². The number of hydrogen-bond donors (Lipinski definition) is 2. The number of fused-ring (bicyclic) bond motifs is 1. The number of sulfonamides is 2. The third-order valence-corrected chi connectivity index (χ3v) is 9.81. The van der Waals surface area contributed by atoms with Gasteiger partial charge in [-0.3, -0.25) is 13.8 Å². The molecule has 0 aliphatic rings. The Hall–Kier alpha value is -4.67. The standard InChI is InChI=1S/C31H27N3O5S2/c1-22-10-18-28(19-11-22)41(38,39)34(2)26-16-12-24(13-17-26)31(35)32-25-14-20-27(21-15-25)40(36,37)33-30-9-5-7-23-6-3-4-8-29(23)30/h3-21,33H,1-2H3,(H,32,35). The summed E-state index contributed by atoms with van der Waals surface area (Å²) in [4.78, 5) is 13.0. The molecule has 5 rings (SSSR count). The van der Waals surface area contributed by atoms with Crippen LogP contribution in [0, 0.1) is 6.92 Å². The first-order valence-electron chi connectivity index (χ1n) is 12.6. The van der Waals surface area contributed by atoms with Gasteiger partial charge in [0.1, 0.15) is 0 Å². The zero-order valence-corrected chi connectivity index (χ0v) is 23.9. The highest BCUT2D eigenvalue weighted by atomic mass is 32.2. The number of anilines is 3. The van der Waals surface area contributed by atoms with E-state index in [1.54, 1.807) is 48.5 Å². The fourth-order valence-corrected chi connectivity index (χ4v) is 6.54. The monoisotopic (exact) mass is 585 g/mol. The minimum atomic E-state index is -3.87. The molecule has 0 unspecified atom stereocenters. The van der Waals surface area contributed by atoms with Crippen LogP contribution >= 0.6 is 0 Å². The van der Waals surface area contributed by atoms with Crippen LogP contribution in [-0.4, -0.2) is 29.8 Å². The topological polar surface area (TPSA) is 113 Å². The van der Waals surface area contributed by atoms with E-state index in [1.807, 2.05) is 37.3 Å². The van der Waals surface area contributed by atoms with E-state index in [9.17, 15) is 21.6 Å². The summed E-state index contributed by atoms with van der Waals surface area (Å²) in [6, 6.07) is 31.4. The molecule has 41 heavy (non-hydrogen) atoms. The van der Waals surface area contributed by atoms with E-state index in [0.717, 1.165) is 20.6 Å². The van der Waals surface area contributed by atoms with Gasteiger partial charge in [-0.1, -0.05) is 54.1 Å². The van der Waals surface area contributed by atoms with Gasteiger partial charge in [-0.05, 0) is 79.0 Å². The highest BCUT2D eigenvalue weighted by molar-refractivity contribution is 7.93. The van der Waals surface area contributed by atoms with E-state index < -0.39 is 26.0 Å². The van der Waals surface area contributed by atoms with Crippen molar-refractivity contribution in [2.45, 2.75) is 16.7 Å². The predicted molar refractivity (Wildman–Crippen MR) is 162 cm³/mol. The van der Waals surface area contributed by atoms with Crippen LogP contribution in [0.4, 0.5) is 17.1 Å². The third-order valence-electron chi connectivity index (χ3n) is 6.63. The Bertz CT molecular complexity index is 1930. The minimum absolute atomic E-state index is 0.0469. The zero-order chi connectivity index (χ0) is 29.2. The summed E-state index contributed by atoms with van der Waals surface area (Å²) >= 11 is 0. The second-order valence-electron chi connectivity index (χ2n) is 9.44. The summed E-state index contributed by atoms with van der Waals surface area (Å²) in [7, 11) is -6.17. The third kappa shape index (κ3) is 5.93. The van der Waals surface area contributed by atoms with Gasteiger partial charge < -0.3 is 5.32 Å². The number of amides is 1. The van der Waals surface area contributed by atoms with Gasteiger partial charge in [-0.2, -0.15) is 0 Å². The van der Waals surface area contributed by atoms with Crippen LogP contribution in [0.2, 0.25) is 0 Å². The van der Waals surface area contributed by atoms with Gasteiger partial charge in [0, 0.05) is 23.7 Å². The lowest BCUT2D eigenvalue weighted by Crippen LogP contribution is -2.26. The summed E-state index contributed by atoms with van der Waals surface area (Å²) < 4.78 is 55.8. The molecule has 0 aliphatic heterocycles. The number of aryl methyl sites for hydroxylation is 1. The van der Waals surface area contributed by atoms with Gasteiger partial charge in [0.15, 0.2) is 0 Å². The Morgan fingerprint density at radius 2 is 1.29 bits per heavy atom. The van der Waals surface area contributed by atoms with Crippen molar-refractivity contribution in [3.8, 4) is 0 Å². The second-order valence-corrected chi connectivity index (χ2v) is 13.1. The van der Waals surface area contributed by atoms with Crippen LogP contribution < -0.4 is 14.3 Å². The fraction of sp³-hybridized carbons (Fsp3) is 0.0645. The molecule has 0 spiro atoms. The van der Waals surface area contributed by atoms with E-state index in [1.165, 1.54) is 43.4 Å². The van der Waals surface area contributed by atoms with Crippen molar-refractivity contribution in [1.29, 1.82) is 0 Å². The van der Waals surface area contributed by atoms with Gasteiger partial charge in [-0.15, -0.1) is 0 Å². The van der Waals surface area contributed by atoms with Crippen LogP contribution in [0.3, 0.4) is 0 Å². The van der Waals surface area contributed by atoms with Crippen molar-refractivity contribution >= 4 is 53.8 Å². The molecule has 0 saturated carbocycles. The number of hydrogen-bond acceptors (Lipinski definition) is 5. The molecule has 208 valence electrons. The summed E-state index contributed by atoms with van der Waals surface area (Å²) in [5.74, 6) is -0.426. The van der Waals surface area contributed by atoms with Crippen molar-refractivity contribution in [3.63, 3.8) is 0 Å². The normalized spacial score (nSPS) is 11.7. The van der Waals surface area contributed by atoms with E-state index >= 15 is 0 Å². The molecule has 0 saturated heterocycles. The number of rotatable bonds is 8. The molecule has 0 bridgehead atoms. The molecule has 1 amide bonds. The largest absolute Gasteiger partial charge is 0.322 e. The number of carbonyl (C=O) groups is 1. The lowest BCUT2D eigenvalue weighted by molar-refractivity contribution is 0.102. The Morgan fingerprint density at radius 1 is 0.683 bits per heavy atom. The molecule has 0 radical (unpaired) electrons. The van der Waals surface area contributed by atoms with Gasteiger partial charge >= 0.3 is 0 Å². The van der Waals surface area contributed by atoms with Gasteiger partial charge in [0.25, 0.3) is 26.0 Å². The van der Waals surface area contributed by atoms with Gasteiger partial charge in [0.05, 0.1) is 21.2 Å². The van der Waals surface area contributed by atoms with Gasteiger partial charge in [-0.25, -0.2) is 16.8 Å². The molecule has 0 heterocycles. The maximum absolute atomic E-state index is 13.0. The number of benzene rings is 5. The smallest absolute Gasteiger partial charge is 0.264 e. The maximum atomic E-state index is 13.0. The number of nitrogens with one attached hydrogen (secondary N) is 2. The van der Waals surface area contributed by atoms with E-state index in [0.29, 0.717) is 22.6 Å². The first-order valence-corrected chi connectivity index (χ1v) is 15.5. The van der Waals surface area contributed by atoms with E-state index in [2.05, 4.69) is 10.0 Å². The van der Waals surface area contributed by atoms with Crippen molar-refractivity contribution in [2.75, 3.05) is 21.4 Å². The first kappa shape index (κ1) is 27.9. The fourth-order valence-electron chi connectivity index (χ4n) is 4.27. The highest BCUT2D eigenvalue weighted by Gasteiger charge is 2.21. The van der Waals surface area contributed by atoms with Crippen LogP contribution in [0.5, 0.6) is 0 Å². The quantitative estimate of drug-likeness (QED) is 0.231. The predicted octanol–water partition coefficient (Wildman–Crippen LogP) is 6.03. The van der Waals surface area contributed by atoms with Crippen LogP contribution in [0.25, 0.3) is 10.8 Å². The second kappa shape index (κ2) is 11.1. The maximum Gasteiger partial charge on any atom is 0.264 e. The van der Waals surface area contributed by atoms with Crippen molar-refractivity contribution < 1.29 is 21.6 Å². The summed E-state index contributed by atoms with van der Waals surface area (Å²) in [5.41, 5.74) is 2.54. The van der Waals surface area contributed by atoms with Crippen LogP contribution in [0.1, 0.15) is 15.9 Å². The lowest BCUT2D eigenvalue weighted by Gasteiger charge is -2.20. The SMILES string of the molecule is Cc1ccc(S(=O)(=O)N(C)c2ccc(C(=O)Nc3ccc(S(=O)(=O)Nc4cccc5ccccc45)cc3)cc2)cc1. The van der Waals surface area contributed by atoms with E-state index in [4.69, 9.17) is 0 Å². The molecule has 2 N–H and O–H groups in total. The molecule has 5 aromatic carbocycles. The van der Waals surface area contributed by atoms with Crippen molar-refractivity contribution in [2.24, 2.45) is 0 Å². The number of carbonyl (C=O) groups excluding carboxylic acids is 1. The Balaban J connectivity index is 1.26. The number of nitrogens with zero attached hydrogens (tertiary/aromatic N) is 1. The molecule has 0 aromatic heterocycles. The Labute approximate surface area is 239 Å². The summed E-state index contributed by atoms with van der Waals surface area (Å²) in [6.07, 6.45) is 0. The molecular weight excluding hydrogens is 558 g/mol. The van der Waals surface area contributed by atoms with Crippen molar-refractivity contribution in [3.05, 3.63) is 126 Å². The molecule has 8 nitrogen and oxygen atoms in total. The highest BCUT2D eigenvalue weighted by Crippen LogP contribution is 2.27. The zero-order valence-electron chi connectivity index (χ0n) is 22.3. The molecule has 0 atom stereocenters. The molecule has 0 aliphatic carbocycles. The van der Waals surface area contributed by atoms with Crippen molar-refractivity contribution in [1.82, 2.24) is 0 Å². The van der Waals surface area contributed by atoms with Crippen LogP contribution in [0.15, 0.2) is 125 Å².